The van der Waals surface area contributed by atoms with Gasteiger partial charge in [-0.3, -0.25) is 33.6 Å². The Morgan fingerprint density at radius 3 is 2.12 bits per heavy atom. The van der Waals surface area contributed by atoms with Gasteiger partial charge in [-0.15, -0.1) is 0 Å². The van der Waals surface area contributed by atoms with Crippen molar-refractivity contribution in [2.45, 2.75) is 50.9 Å². The number of hydrogen-bond acceptors (Lipinski definition) is 8. The number of aliphatic carboxylic acids is 2. The van der Waals surface area contributed by atoms with Crippen LogP contribution in [0.3, 0.4) is 0 Å². The van der Waals surface area contributed by atoms with E-state index in [1.807, 2.05) is 29.6 Å². The van der Waals surface area contributed by atoms with E-state index >= 15 is 0 Å². The lowest BCUT2D eigenvalue weighted by molar-refractivity contribution is -0.143. The Kier molecular flexibility index (Phi) is 11.8. The SMILES string of the molecule is CC(NC(=O)C(CC(=O)O)NC(=O)CNC(=O)CNC(=O)C(C)NC(=O)C(N)Cc1c[nH]c2ccccc12)C(=O)O. The molecule has 0 aliphatic carbocycles. The highest BCUT2D eigenvalue weighted by Crippen LogP contribution is 2.18. The van der Waals surface area contributed by atoms with E-state index in [0.717, 1.165) is 23.4 Å². The smallest absolute Gasteiger partial charge is 0.325 e. The number of amides is 5. The maximum Gasteiger partial charge on any atom is 0.325 e. The molecule has 2 rings (SSSR count). The van der Waals surface area contributed by atoms with Crippen LogP contribution < -0.4 is 32.3 Å². The van der Waals surface area contributed by atoms with Crippen LogP contribution in [-0.2, 0) is 40.0 Å². The van der Waals surface area contributed by atoms with E-state index in [9.17, 15) is 33.6 Å². The third-order valence-electron chi connectivity index (χ3n) is 5.83. The fourth-order valence-corrected chi connectivity index (χ4v) is 3.58. The summed E-state index contributed by atoms with van der Waals surface area (Å²) in [5.41, 5.74) is 7.75. The number of hydrogen-bond donors (Lipinski definition) is 9. The summed E-state index contributed by atoms with van der Waals surface area (Å²) >= 11 is 0. The van der Waals surface area contributed by atoms with Crippen LogP contribution in [0, 0.1) is 0 Å². The average molecular weight is 576 g/mol. The van der Waals surface area contributed by atoms with E-state index in [-0.39, 0.29) is 6.42 Å². The van der Waals surface area contributed by atoms with E-state index in [2.05, 4.69) is 26.3 Å². The Hall–Kier alpha value is -4.99. The first-order valence-electron chi connectivity index (χ1n) is 12.5. The molecule has 16 heteroatoms. The molecule has 0 radical (unpaired) electrons. The molecule has 0 aliphatic heterocycles. The molecule has 1 aromatic carbocycles. The van der Waals surface area contributed by atoms with E-state index in [1.54, 1.807) is 6.20 Å². The van der Waals surface area contributed by atoms with Gasteiger partial charge in [0.2, 0.25) is 29.5 Å². The Morgan fingerprint density at radius 2 is 1.46 bits per heavy atom. The Morgan fingerprint density at radius 1 is 0.829 bits per heavy atom. The molecule has 4 unspecified atom stereocenters. The van der Waals surface area contributed by atoms with Crippen molar-refractivity contribution in [2.24, 2.45) is 5.73 Å². The van der Waals surface area contributed by atoms with Gasteiger partial charge in [0.1, 0.15) is 18.1 Å². The van der Waals surface area contributed by atoms with Gasteiger partial charge in [-0.25, -0.2) is 0 Å². The van der Waals surface area contributed by atoms with Crippen LogP contribution in [0.2, 0.25) is 0 Å². The predicted molar refractivity (Wildman–Crippen MR) is 143 cm³/mol. The summed E-state index contributed by atoms with van der Waals surface area (Å²) in [7, 11) is 0. The molecule has 0 aliphatic rings. The molecule has 1 heterocycles. The monoisotopic (exact) mass is 575 g/mol. The van der Waals surface area contributed by atoms with Crippen LogP contribution in [0.15, 0.2) is 30.5 Å². The number of carbonyl (C=O) groups is 7. The van der Waals surface area contributed by atoms with Crippen molar-refractivity contribution in [1.82, 2.24) is 31.6 Å². The fourth-order valence-electron chi connectivity index (χ4n) is 3.58. The van der Waals surface area contributed by atoms with Crippen molar-refractivity contribution in [2.75, 3.05) is 13.1 Å². The summed E-state index contributed by atoms with van der Waals surface area (Å²) in [6, 6.07) is 2.62. The number of H-pyrrole nitrogens is 1. The minimum atomic E-state index is -1.59. The molecule has 0 saturated carbocycles. The van der Waals surface area contributed by atoms with Gasteiger partial charge in [0.25, 0.3) is 0 Å². The zero-order chi connectivity index (χ0) is 30.7. The molecular weight excluding hydrogens is 542 g/mol. The number of benzene rings is 1. The zero-order valence-corrected chi connectivity index (χ0v) is 22.4. The molecule has 10 N–H and O–H groups in total. The lowest BCUT2D eigenvalue weighted by Crippen LogP contribution is -2.54. The van der Waals surface area contributed by atoms with Crippen LogP contribution in [0.5, 0.6) is 0 Å². The number of aromatic nitrogens is 1. The molecule has 41 heavy (non-hydrogen) atoms. The fraction of sp³-hybridized carbons (Fsp3) is 0.400. The summed E-state index contributed by atoms with van der Waals surface area (Å²) in [4.78, 5) is 86.1. The maximum absolute atomic E-state index is 12.5. The van der Waals surface area contributed by atoms with Crippen LogP contribution >= 0.6 is 0 Å². The summed E-state index contributed by atoms with van der Waals surface area (Å²) in [5.74, 6) is -6.82. The molecular formula is C25H33N7O9. The Bertz CT molecular complexity index is 1310. The zero-order valence-electron chi connectivity index (χ0n) is 22.4. The van der Waals surface area contributed by atoms with E-state index < -0.39 is 85.2 Å². The second kappa shape index (κ2) is 15.0. The summed E-state index contributed by atoms with van der Waals surface area (Å²) in [6.45, 7) is 1.33. The standard InChI is InChI=1S/C25H33N7O9/c1-12(30-23(38)16(26)7-14-9-27-17-6-4-3-5-15(14)17)22(37)29-10-19(33)28-11-20(34)32-18(8-21(35)36)24(39)31-13(2)25(40)41/h3-6,9,12-13,16,18,27H,7-8,10-11,26H2,1-2H3,(H,28,33)(H,29,37)(H,30,38)(H,31,39)(H,32,34)(H,35,36)(H,40,41). The molecule has 4 atom stereocenters. The van der Waals surface area contributed by atoms with Crippen molar-refractivity contribution < 1.29 is 43.8 Å². The Balaban J connectivity index is 1.76. The number of carboxylic acids is 2. The van der Waals surface area contributed by atoms with Gasteiger partial charge >= 0.3 is 11.9 Å². The van der Waals surface area contributed by atoms with Gasteiger partial charge in [-0.05, 0) is 31.9 Å². The first-order valence-corrected chi connectivity index (χ1v) is 12.5. The highest BCUT2D eigenvalue weighted by atomic mass is 16.4. The van der Waals surface area contributed by atoms with Gasteiger partial charge in [0, 0.05) is 17.1 Å². The molecule has 1 aromatic heterocycles. The number of aromatic amines is 1. The minimum Gasteiger partial charge on any atom is -0.481 e. The quantitative estimate of drug-likeness (QED) is 0.106. The molecule has 5 amide bonds. The predicted octanol–water partition coefficient (Wildman–Crippen LogP) is -2.68. The summed E-state index contributed by atoms with van der Waals surface area (Å²) in [6.07, 6.45) is 1.15. The third-order valence-corrected chi connectivity index (χ3v) is 5.83. The third kappa shape index (κ3) is 10.2. The number of carboxylic acid groups (broad SMARTS) is 2. The van der Waals surface area contributed by atoms with Crippen LogP contribution in [0.1, 0.15) is 25.8 Å². The summed E-state index contributed by atoms with van der Waals surface area (Å²) < 4.78 is 0. The van der Waals surface area contributed by atoms with Gasteiger partial charge in [0.05, 0.1) is 25.6 Å². The van der Waals surface area contributed by atoms with E-state index in [0.29, 0.717) is 0 Å². The largest absolute Gasteiger partial charge is 0.481 e. The molecule has 2 aromatic rings. The van der Waals surface area contributed by atoms with Crippen molar-refractivity contribution >= 4 is 52.4 Å². The van der Waals surface area contributed by atoms with E-state index in [1.165, 1.54) is 6.92 Å². The van der Waals surface area contributed by atoms with Crippen molar-refractivity contribution in [1.29, 1.82) is 0 Å². The van der Waals surface area contributed by atoms with Crippen LogP contribution in [-0.4, -0.2) is 93.9 Å². The first-order chi connectivity index (χ1) is 19.3. The summed E-state index contributed by atoms with van der Waals surface area (Å²) in [5, 5.41) is 29.9. The minimum absolute atomic E-state index is 0.224. The van der Waals surface area contributed by atoms with Crippen molar-refractivity contribution in [3.63, 3.8) is 0 Å². The average Bonchev–Trinajstić information content (AvgIpc) is 3.32. The molecule has 0 saturated heterocycles. The van der Waals surface area contributed by atoms with Gasteiger partial charge in [0.15, 0.2) is 0 Å². The van der Waals surface area contributed by atoms with Gasteiger partial charge in [-0.2, -0.15) is 0 Å². The normalized spacial score (nSPS) is 13.6. The van der Waals surface area contributed by atoms with Crippen LogP contribution in [0.25, 0.3) is 10.9 Å². The van der Waals surface area contributed by atoms with Crippen molar-refractivity contribution in [3.8, 4) is 0 Å². The van der Waals surface area contributed by atoms with E-state index in [4.69, 9.17) is 15.9 Å². The number of nitrogens with one attached hydrogen (secondary N) is 6. The molecule has 0 bridgehead atoms. The van der Waals surface area contributed by atoms with Crippen molar-refractivity contribution in [3.05, 3.63) is 36.0 Å². The number of para-hydroxylation sites is 1. The first kappa shape index (κ1) is 32.2. The van der Waals surface area contributed by atoms with Gasteiger partial charge in [-0.1, -0.05) is 18.2 Å². The second-order valence-electron chi connectivity index (χ2n) is 9.18. The number of nitrogens with two attached hydrogens (primary N) is 1. The number of fused-ring (bicyclic) bond motifs is 1. The molecule has 222 valence electrons. The highest BCUT2D eigenvalue weighted by molar-refractivity contribution is 5.95. The molecule has 0 spiro atoms. The second-order valence-corrected chi connectivity index (χ2v) is 9.18. The molecule has 0 fully saturated rings. The number of carbonyl (C=O) groups excluding carboxylic acids is 5. The van der Waals surface area contributed by atoms with Gasteiger partial charge < -0.3 is 47.5 Å². The molecule has 16 nitrogen and oxygen atoms in total. The maximum atomic E-state index is 12.5. The Labute approximate surface area is 233 Å². The lowest BCUT2D eigenvalue weighted by atomic mass is 10.0. The topological polar surface area (TPSA) is 262 Å². The number of rotatable bonds is 15. The lowest BCUT2D eigenvalue weighted by Gasteiger charge is -2.19. The van der Waals surface area contributed by atoms with Crippen LogP contribution in [0.4, 0.5) is 0 Å². The highest BCUT2D eigenvalue weighted by Gasteiger charge is 2.27.